The van der Waals surface area contributed by atoms with Crippen molar-refractivity contribution < 1.29 is 22.0 Å². The van der Waals surface area contributed by atoms with Crippen molar-refractivity contribution >= 4 is 21.6 Å². The molecule has 0 unspecified atom stereocenters. The maximum Gasteiger partial charge on any atom is 0.243 e. The molecule has 0 saturated carbocycles. The zero-order chi connectivity index (χ0) is 19.1. The molecule has 2 aromatic carbocycles. The summed E-state index contributed by atoms with van der Waals surface area (Å²) in [6.07, 6.45) is -0.0525. The lowest BCUT2D eigenvalue weighted by Gasteiger charge is -2.18. The molecule has 5 nitrogen and oxygen atoms in total. The zero-order valence-corrected chi connectivity index (χ0v) is 15.1. The Balaban J connectivity index is 1.80. The molecule has 1 aliphatic rings. The van der Waals surface area contributed by atoms with Crippen LogP contribution in [-0.2, 0) is 14.8 Å². The van der Waals surface area contributed by atoms with Crippen LogP contribution in [0.4, 0.5) is 14.5 Å². The van der Waals surface area contributed by atoms with E-state index in [0.717, 1.165) is 23.3 Å². The second-order valence-corrected chi connectivity index (χ2v) is 8.05. The van der Waals surface area contributed by atoms with Gasteiger partial charge in [-0.25, -0.2) is 21.9 Å². The first kappa shape index (κ1) is 18.5. The number of halogens is 2. The van der Waals surface area contributed by atoms with Crippen LogP contribution in [-0.4, -0.2) is 26.9 Å². The summed E-state index contributed by atoms with van der Waals surface area (Å²) in [4.78, 5) is 13.0. The van der Waals surface area contributed by atoms with E-state index < -0.39 is 32.6 Å². The summed E-state index contributed by atoms with van der Waals surface area (Å²) in [5, 5.41) is 0. The van der Waals surface area contributed by atoms with Gasteiger partial charge in [-0.3, -0.25) is 4.79 Å². The fourth-order valence-corrected chi connectivity index (χ4v) is 4.21. The number of hydrogen-bond acceptors (Lipinski definition) is 3. The number of rotatable bonds is 4. The quantitative estimate of drug-likeness (QED) is 0.887. The first-order chi connectivity index (χ1) is 12.2. The molecule has 1 heterocycles. The van der Waals surface area contributed by atoms with Crippen molar-refractivity contribution in [2.24, 2.45) is 0 Å². The van der Waals surface area contributed by atoms with Crippen molar-refractivity contribution in [3.8, 4) is 0 Å². The number of anilines is 1. The van der Waals surface area contributed by atoms with Gasteiger partial charge in [-0.15, -0.1) is 0 Å². The Labute approximate surface area is 150 Å². The summed E-state index contributed by atoms with van der Waals surface area (Å²) in [6, 6.07) is 7.03. The molecule has 1 atom stereocenters. The summed E-state index contributed by atoms with van der Waals surface area (Å²) in [6.45, 7) is 4.00. The Morgan fingerprint density at radius 1 is 1.08 bits per heavy atom. The van der Waals surface area contributed by atoms with Crippen LogP contribution in [0.3, 0.4) is 0 Å². The molecule has 0 radical (unpaired) electrons. The van der Waals surface area contributed by atoms with Gasteiger partial charge in [0.05, 0.1) is 0 Å². The number of sulfonamides is 1. The van der Waals surface area contributed by atoms with E-state index in [9.17, 15) is 22.0 Å². The van der Waals surface area contributed by atoms with Gasteiger partial charge >= 0.3 is 0 Å². The van der Waals surface area contributed by atoms with Crippen LogP contribution in [0.15, 0.2) is 41.3 Å². The largest absolute Gasteiger partial charge is 0.311 e. The van der Waals surface area contributed by atoms with Crippen LogP contribution in [0.1, 0.15) is 17.5 Å². The third-order valence-electron chi connectivity index (χ3n) is 4.43. The Bertz CT molecular complexity index is 976. The number of nitrogens with one attached hydrogen (secondary N) is 1. The molecule has 1 fully saturated rings. The van der Waals surface area contributed by atoms with Gasteiger partial charge in [0, 0.05) is 24.7 Å². The van der Waals surface area contributed by atoms with Crippen molar-refractivity contribution in [3.63, 3.8) is 0 Å². The first-order valence-corrected chi connectivity index (χ1v) is 9.51. The molecular weight excluding hydrogens is 362 g/mol. The van der Waals surface area contributed by atoms with E-state index in [1.54, 1.807) is 6.07 Å². The second-order valence-electron chi connectivity index (χ2n) is 6.37. The number of benzene rings is 2. The molecule has 0 bridgehead atoms. The fraction of sp³-hybridized carbons (Fsp3) is 0.278. The van der Waals surface area contributed by atoms with Gasteiger partial charge in [0.1, 0.15) is 16.5 Å². The minimum absolute atomic E-state index is 0.0525. The molecular formula is C18H18F2N2O3S. The van der Waals surface area contributed by atoms with Crippen molar-refractivity contribution in [3.05, 3.63) is 59.2 Å². The van der Waals surface area contributed by atoms with Gasteiger partial charge in [0.2, 0.25) is 15.9 Å². The van der Waals surface area contributed by atoms with Crippen LogP contribution in [0.5, 0.6) is 0 Å². The summed E-state index contributed by atoms with van der Waals surface area (Å²) in [7, 11) is -4.28. The minimum atomic E-state index is -4.28. The molecule has 1 saturated heterocycles. The molecule has 8 heteroatoms. The average molecular weight is 380 g/mol. The number of amides is 1. The predicted octanol–water partition coefficient (Wildman–Crippen LogP) is 2.67. The average Bonchev–Trinajstić information content (AvgIpc) is 2.92. The predicted molar refractivity (Wildman–Crippen MR) is 93.4 cm³/mol. The summed E-state index contributed by atoms with van der Waals surface area (Å²) in [5.41, 5.74) is 2.78. The number of nitrogens with zero attached hydrogens (tertiary/aromatic N) is 1. The van der Waals surface area contributed by atoms with Gasteiger partial charge in [-0.1, -0.05) is 6.07 Å². The second kappa shape index (κ2) is 6.77. The maximum atomic E-state index is 13.8. The Kier molecular flexibility index (Phi) is 4.81. The highest BCUT2D eigenvalue weighted by molar-refractivity contribution is 7.89. The topological polar surface area (TPSA) is 66.5 Å². The highest BCUT2D eigenvalue weighted by Crippen LogP contribution is 2.25. The molecule has 3 rings (SSSR count). The molecule has 2 aromatic rings. The van der Waals surface area contributed by atoms with Crippen LogP contribution in [0.25, 0.3) is 0 Å². The van der Waals surface area contributed by atoms with Gasteiger partial charge in [0.15, 0.2) is 0 Å². The van der Waals surface area contributed by atoms with E-state index in [4.69, 9.17) is 0 Å². The number of carbonyl (C=O) groups is 1. The molecule has 138 valence electrons. The molecule has 0 aliphatic carbocycles. The van der Waals surface area contributed by atoms with Crippen LogP contribution < -0.4 is 9.62 Å². The smallest absolute Gasteiger partial charge is 0.243 e. The molecule has 0 spiro atoms. The van der Waals surface area contributed by atoms with Gasteiger partial charge in [-0.05, 0) is 55.3 Å². The van der Waals surface area contributed by atoms with Gasteiger partial charge in [-0.2, -0.15) is 0 Å². The standard InChI is InChI=1S/C18H18F2N2O3S/c1-11-3-5-15(7-12(11)2)22-10-14(9-18(22)23)21-26(24,25)17-8-13(19)4-6-16(17)20/h3-8,14,21H,9-10H2,1-2H3/t14-/m1/s1. The van der Waals surface area contributed by atoms with Crippen LogP contribution in [0, 0.1) is 25.5 Å². The Morgan fingerprint density at radius 2 is 1.81 bits per heavy atom. The van der Waals surface area contributed by atoms with E-state index in [0.29, 0.717) is 11.8 Å². The van der Waals surface area contributed by atoms with Crippen LogP contribution >= 0.6 is 0 Å². The molecule has 0 aromatic heterocycles. The Hall–Kier alpha value is -2.32. The maximum absolute atomic E-state index is 13.8. The SMILES string of the molecule is Cc1ccc(N2C[C@H](NS(=O)(=O)c3cc(F)ccc3F)CC2=O)cc1C. The van der Waals surface area contributed by atoms with E-state index in [2.05, 4.69) is 4.72 Å². The molecule has 1 aliphatic heterocycles. The fourth-order valence-electron chi connectivity index (χ4n) is 2.90. The van der Waals surface area contributed by atoms with Crippen molar-refractivity contribution in [2.45, 2.75) is 31.2 Å². The third kappa shape index (κ3) is 3.61. The lowest BCUT2D eigenvalue weighted by molar-refractivity contribution is -0.117. The minimum Gasteiger partial charge on any atom is -0.311 e. The molecule has 26 heavy (non-hydrogen) atoms. The number of aryl methyl sites for hydroxylation is 2. The zero-order valence-electron chi connectivity index (χ0n) is 14.3. The van der Waals surface area contributed by atoms with E-state index in [1.807, 2.05) is 26.0 Å². The first-order valence-electron chi connectivity index (χ1n) is 8.02. The van der Waals surface area contributed by atoms with E-state index in [-0.39, 0.29) is 18.9 Å². The van der Waals surface area contributed by atoms with Crippen molar-refractivity contribution in [1.29, 1.82) is 0 Å². The summed E-state index contributed by atoms with van der Waals surface area (Å²) in [5.74, 6) is -2.14. The van der Waals surface area contributed by atoms with Crippen molar-refractivity contribution in [2.75, 3.05) is 11.4 Å². The third-order valence-corrected chi connectivity index (χ3v) is 5.97. The molecule has 1 amide bonds. The van der Waals surface area contributed by atoms with E-state index >= 15 is 0 Å². The van der Waals surface area contributed by atoms with Crippen LogP contribution in [0.2, 0.25) is 0 Å². The highest BCUT2D eigenvalue weighted by atomic mass is 32.2. The normalized spacial score (nSPS) is 17.8. The van der Waals surface area contributed by atoms with Gasteiger partial charge in [0.25, 0.3) is 0 Å². The summed E-state index contributed by atoms with van der Waals surface area (Å²) >= 11 is 0. The summed E-state index contributed by atoms with van der Waals surface area (Å²) < 4.78 is 54.1. The molecule has 1 N–H and O–H groups in total. The van der Waals surface area contributed by atoms with Gasteiger partial charge < -0.3 is 4.90 Å². The monoisotopic (exact) mass is 380 g/mol. The Morgan fingerprint density at radius 3 is 2.50 bits per heavy atom. The highest BCUT2D eigenvalue weighted by Gasteiger charge is 2.34. The lowest BCUT2D eigenvalue weighted by atomic mass is 10.1. The van der Waals surface area contributed by atoms with Crippen molar-refractivity contribution in [1.82, 2.24) is 4.72 Å². The number of carbonyl (C=O) groups excluding carboxylic acids is 1. The number of hydrogen-bond donors (Lipinski definition) is 1. The lowest BCUT2D eigenvalue weighted by Crippen LogP contribution is -2.37. The van der Waals surface area contributed by atoms with E-state index in [1.165, 1.54) is 4.90 Å².